The molecule has 0 spiro atoms. The van der Waals surface area contributed by atoms with Gasteiger partial charge in [0, 0.05) is 25.1 Å². The van der Waals surface area contributed by atoms with Crippen LogP contribution in [-0.4, -0.2) is 39.4 Å². The number of aryl methyl sites for hydroxylation is 1. The van der Waals surface area contributed by atoms with Crippen molar-refractivity contribution in [2.45, 2.75) is 38.5 Å². The van der Waals surface area contributed by atoms with Crippen LogP contribution in [0.3, 0.4) is 0 Å². The smallest absolute Gasteiger partial charge is 0.240 e. The third-order valence-electron chi connectivity index (χ3n) is 4.49. The van der Waals surface area contributed by atoms with E-state index in [1.54, 1.807) is 6.92 Å². The van der Waals surface area contributed by atoms with E-state index in [2.05, 4.69) is 10.1 Å². The first-order valence-corrected chi connectivity index (χ1v) is 8.79. The lowest BCUT2D eigenvalue weighted by atomic mass is 9.94. The average molecular weight is 348 g/mol. The molecule has 1 aromatic carbocycles. The Hall–Kier alpha value is -1.88. The summed E-state index contributed by atoms with van der Waals surface area (Å²) in [6.07, 6.45) is 2.74. The summed E-state index contributed by atoms with van der Waals surface area (Å²) in [4.78, 5) is 18.4. The molecule has 1 amide bonds. The molecule has 24 heavy (non-hydrogen) atoms. The molecule has 1 saturated heterocycles. The molecule has 5 nitrogen and oxygen atoms in total. The number of nitrogens with zero attached hydrogens (tertiary/aromatic N) is 3. The van der Waals surface area contributed by atoms with Gasteiger partial charge >= 0.3 is 0 Å². The molecule has 0 radical (unpaired) electrons. The van der Waals surface area contributed by atoms with Crippen molar-refractivity contribution in [3.63, 3.8) is 0 Å². The third-order valence-corrected chi connectivity index (χ3v) is 4.67. The fraction of sp³-hybridized carbons (Fsp3) is 0.500. The van der Waals surface area contributed by atoms with E-state index in [0.717, 1.165) is 30.5 Å². The van der Waals surface area contributed by atoms with Crippen molar-refractivity contribution in [1.82, 2.24) is 15.0 Å². The second kappa shape index (κ2) is 7.34. The highest BCUT2D eigenvalue weighted by atomic mass is 35.5. The van der Waals surface area contributed by atoms with Crippen LogP contribution < -0.4 is 0 Å². The second-order valence-corrected chi connectivity index (χ2v) is 7.09. The van der Waals surface area contributed by atoms with E-state index in [4.69, 9.17) is 16.1 Å². The van der Waals surface area contributed by atoms with Crippen LogP contribution in [0.2, 0.25) is 0 Å². The van der Waals surface area contributed by atoms with E-state index in [0.29, 0.717) is 30.6 Å². The van der Waals surface area contributed by atoms with Crippen molar-refractivity contribution in [1.29, 1.82) is 0 Å². The molecule has 128 valence electrons. The molecule has 1 fully saturated rings. The number of benzene rings is 1. The van der Waals surface area contributed by atoms with Gasteiger partial charge in [-0.2, -0.15) is 4.98 Å². The van der Waals surface area contributed by atoms with Gasteiger partial charge in [-0.15, -0.1) is 11.6 Å². The van der Waals surface area contributed by atoms with Crippen molar-refractivity contribution in [3.05, 3.63) is 35.7 Å². The van der Waals surface area contributed by atoms with E-state index in [9.17, 15) is 4.79 Å². The Balaban J connectivity index is 1.67. The summed E-state index contributed by atoms with van der Waals surface area (Å²) >= 11 is 5.92. The standard InChI is InChI=1S/C18H22ClN3O2/c1-12-6-3-4-8-15(12)17-20-16(24-21-17)10-14-7-5-9-22(11-14)18(23)13(2)19/h3-4,6,8,13-14H,5,7,9-11H2,1-2H3. The van der Waals surface area contributed by atoms with E-state index < -0.39 is 5.38 Å². The zero-order valence-corrected chi connectivity index (χ0v) is 14.8. The molecular formula is C18H22ClN3O2. The zero-order valence-electron chi connectivity index (χ0n) is 14.0. The normalized spacial score (nSPS) is 19.3. The predicted molar refractivity (Wildman–Crippen MR) is 92.8 cm³/mol. The molecule has 0 saturated carbocycles. The van der Waals surface area contributed by atoms with Gasteiger partial charge in [0.2, 0.25) is 17.6 Å². The number of hydrogen-bond donors (Lipinski definition) is 0. The quantitative estimate of drug-likeness (QED) is 0.795. The Morgan fingerprint density at radius 3 is 3.00 bits per heavy atom. The Kier molecular flexibility index (Phi) is 5.19. The molecule has 1 aliphatic heterocycles. The summed E-state index contributed by atoms with van der Waals surface area (Å²) in [5, 5.41) is 3.63. The summed E-state index contributed by atoms with van der Waals surface area (Å²) in [6.45, 7) is 5.24. The van der Waals surface area contributed by atoms with E-state index in [-0.39, 0.29) is 5.91 Å². The SMILES string of the molecule is Cc1ccccc1-c1noc(CC2CCCN(C(=O)C(C)Cl)C2)n1. The summed E-state index contributed by atoms with van der Waals surface area (Å²) in [6, 6.07) is 7.98. The van der Waals surface area contributed by atoms with Gasteiger partial charge in [0.1, 0.15) is 5.38 Å². The number of alkyl halides is 1. The monoisotopic (exact) mass is 347 g/mol. The van der Waals surface area contributed by atoms with E-state index in [1.807, 2.05) is 36.1 Å². The number of likely N-dealkylation sites (tertiary alicyclic amines) is 1. The van der Waals surface area contributed by atoms with Gasteiger partial charge in [0.25, 0.3) is 0 Å². The Morgan fingerprint density at radius 2 is 2.25 bits per heavy atom. The van der Waals surface area contributed by atoms with Crippen LogP contribution in [0.4, 0.5) is 0 Å². The Labute approximate surface area is 147 Å². The van der Waals surface area contributed by atoms with Gasteiger partial charge in [-0.05, 0) is 38.2 Å². The predicted octanol–water partition coefficient (Wildman–Crippen LogP) is 3.45. The summed E-state index contributed by atoms with van der Waals surface area (Å²) in [5.41, 5.74) is 2.11. The first-order chi connectivity index (χ1) is 11.5. The van der Waals surface area contributed by atoms with Gasteiger partial charge in [-0.25, -0.2) is 0 Å². The molecule has 2 atom stereocenters. The Bertz CT molecular complexity index is 714. The van der Waals surface area contributed by atoms with Crippen LogP contribution >= 0.6 is 11.6 Å². The zero-order chi connectivity index (χ0) is 17.1. The molecule has 3 rings (SSSR count). The van der Waals surface area contributed by atoms with Gasteiger partial charge in [0.05, 0.1) is 0 Å². The third kappa shape index (κ3) is 3.78. The molecule has 0 N–H and O–H groups in total. The van der Waals surface area contributed by atoms with Crippen LogP contribution in [0.1, 0.15) is 31.2 Å². The molecule has 1 aromatic heterocycles. The lowest BCUT2D eigenvalue weighted by molar-refractivity contribution is -0.132. The number of carbonyl (C=O) groups excluding carboxylic acids is 1. The second-order valence-electron chi connectivity index (χ2n) is 6.44. The number of aromatic nitrogens is 2. The fourth-order valence-electron chi connectivity index (χ4n) is 3.20. The van der Waals surface area contributed by atoms with Crippen LogP contribution in [0.5, 0.6) is 0 Å². The average Bonchev–Trinajstić information content (AvgIpc) is 3.03. The maximum Gasteiger partial charge on any atom is 0.240 e. The highest BCUT2D eigenvalue weighted by Gasteiger charge is 2.27. The first kappa shape index (κ1) is 17.0. The molecule has 1 aliphatic rings. The number of hydrogen-bond acceptors (Lipinski definition) is 4. The molecular weight excluding hydrogens is 326 g/mol. The van der Waals surface area contributed by atoms with Crippen LogP contribution in [-0.2, 0) is 11.2 Å². The minimum absolute atomic E-state index is 0.00694. The molecule has 2 heterocycles. The fourth-order valence-corrected chi connectivity index (χ4v) is 3.34. The van der Waals surface area contributed by atoms with Crippen LogP contribution in [0.25, 0.3) is 11.4 Å². The van der Waals surface area contributed by atoms with Crippen molar-refractivity contribution >= 4 is 17.5 Å². The number of rotatable bonds is 4. The van der Waals surface area contributed by atoms with Crippen molar-refractivity contribution in [3.8, 4) is 11.4 Å². The maximum absolute atomic E-state index is 12.1. The molecule has 0 aliphatic carbocycles. The van der Waals surface area contributed by atoms with Crippen molar-refractivity contribution < 1.29 is 9.32 Å². The summed E-state index contributed by atoms with van der Waals surface area (Å²) < 4.78 is 5.43. The maximum atomic E-state index is 12.1. The minimum Gasteiger partial charge on any atom is -0.341 e. The van der Waals surface area contributed by atoms with E-state index in [1.165, 1.54) is 0 Å². The van der Waals surface area contributed by atoms with Crippen molar-refractivity contribution in [2.75, 3.05) is 13.1 Å². The highest BCUT2D eigenvalue weighted by Crippen LogP contribution is 2.24. The summed E-state index contributed by atoms with van der Waals surface area (Å²) in [7, 11) is 0. The minimum atomic E-state index is -0.472. The van der Waals surface area contributed by atoms with Gasteiger partial charge in [-0.1, -0.05) is 29.4 Å². The molecule has 6 heteroatoms. The topological polar surface area (TPSA) is 59.2 Å². The number of carbonyl (C=O) groups is 1. The van der Waals surface area contributed by atoms with Crippen LogP contribution in [0, 0.1) is 12.8 Å². The van der Waals surface area contributed by atoms with Gasteiger partial charge < -0.3 is 9.42 Å². The van der Waals surface area contributed by atoms with Crippen LogP contribution in [0.15, 0.2) is 28.8 Å². The molecule has 2 aromatic rings. The van der Waals surface area contributed by atoms with E-state index >= 15 is 0 Å². The highest BCUT2D eigenvalue weighted by molar-refractivity contribution is 6.30. The number of amides is 1. The number of piperidine rings is 1. The lowest BCUT2D eigenvalue weighted by Crippen LogP contribution is -2.43. The van der Waals surface area contributed by atoms with Crippen molar-refractivity contribution in [2.24, 2.45) is 5.92 Å². The van der Waals surface area contributed by atoms with Gasteiger partial charge in [-0.3, -0.25) is 4.79 Å². The lowest BCUT2D eigenvalue weighted by Gasteiger charge is -2.32. The largest absolute Gasteiger partial charge is 0.341 e. The Morgan fingerprint density at radius 1 is 1.46 bits per heavy atom. The van der Waals surface area contributed by atoms with Gasteiger partial charge in [0.15, 0.2) is 0 Å². The number of halogens is 1. The first-order valence-electron chi connectivity index (χ1n) is 8.36. The summed E-state index contributed by atoms with van der Waals surface area (Å²) in [5.74, 6) is 1.60. The molecule has 2 unspecified atom stereocenters. The molecule has 0 bridgehead atoms.